The Morgan fingerprint density at radius 1 is 1.28 bits per heavy atom. The number of benzene rings is 1. The quantitative estimate of drug-likeness (QED) is 0.603. The number of guanidine groups is 1. The first-order chi connectivity index (χ1) is 11.9. The fourth-order valence-corrected chi connectivity index (χ4v) is 2.96. The summed E-state index contributed by atoms with van der Waals surface area (Å²) in [5, 5.41) is 6.83. The van der Waals surface area contributed by atoms with E-state index in [1.807, 2.05) is 13.8 Å². The van der Waals surface area contributed by atoms with Crippen molar-refractivity contribution in [3.8, 4) is 5.75 Å². The molecule has 0 saturated heterocycles. The number of nitrogens with one attached hydrogen (secondary N) is 2. The molecule has 1 aromatic carbocycles. The molecule has 0 atom stereocenters. The molecule has 9 heteroatoms. The Hall–Kier alpha value is -2.29. The Morgan fingerprint density at radius 3 is 2.60 bits per heavy atom. The van der Waals surface area contributed by atoms with Gasteiger partial charge < -0.3 is 15.4 Å². The third-order valence-electron chi connectivity index (χ3n) is 3.43. The second-order valence-corrected chi connectivity index (χ2v) is 6.41. The lowest BCUT2D eigenvalue weighted by Gasteiger charge is -2.14. The molecule has 0 aliphatic heterocycles. The van der Waals surface area contributed by atoms with Gasteiger partial charge in [0.25, 0.3) is 0 Å². The van der Waals surface area contributed by atoms with E-state index in [4.69, 9.17) is 0 Å². The van der Waals surface area contributed by atoms with Crippen LogP contribution in [0.5, 0.6) is 5.75 Å². The van der Waals surface area contributed by atoms with Crippen LogP contribution in [0.1, 0.15) is 21.1 Å². The van der Waals surface area contributed by atoms with Gasteiger partial charge in [0.1, 0.15) is 16.6 Å². The number of alkyl halides is 2. The summed E-state index contributed by atoms with van der Waals surface area (Å²) in [6.45, 7) is 1.31. The molecule has 0 radical (unpaired) electrons. The first-order valence-corrected chi connectivity index (χ1v) is 8.32. The number of aryl methyl sites for hydroxylation is 2. The first-order valence-electron chi connectivity index (χ1n) is 7.50. The van der Waals surface area contributed by atoms with Crippen molar-refractivity contribution in [1.29, 1.82) is 0 Å². The van der Waals surface area contributed by atoms with Crippen molar-refractivity contribution in [2.45, 2.75) is 33.5 Å². The fraction of sp³-hybridized carbons (Fsp3) is 0.375. The highest BCUT2D eigenvalue weighted by atomic mass is 32.1. The summed E-state index contributed by atoms with van der Waals surface area (Å²) in [7, 11) is 1.56. The topological polar surface area (TPSA) is 58.5 Å². The minimum Gasteiger partial charge on any atom is -0.434 e. The minimum absolute atomic E-state index is 0.00619. The smallest absolute Gasteiger partial charge is 0.387 e. The van der Waals surface area contributed by atoms with Crippen LogP contribution in [0, 0.1) is 19.7 Å². The van der Waals surface area contributed by atoms with Gasteiger partial charge in [0.15, 0.2) is 5.96 Å². The van der Waals surface area contributed by atoms with Crippen LogP contribution < -0.4 is 15.4 Å². The third kappa shape index (κ3) is 5.35. The molecule has 1 heterocycles. The van der Waals surface area contributed by atoms with Gasteiger partial charge in [-0.3, -0.25) is 4.99 Å². The van der Waals surface area contributed by atoms with Crippen LogP contribution in [0.25, 0.3) is 0 Å². The summed E-state index contributed by atoms with van der Waals surface area (Å²) >= 11 is 1.57. The summed E-state index contributed by atoms with van der Waals surface area (Å²) < 4.78 is 43.1. The zero-order chi connectivity index (χ0) is 18.4. The van der Waals surface area contributed by atoms with Crippen LogP contribution in [-0.4, -0.2) is 24.6 Å². The van der Waals surface area contributed by atoms with Crippen LogP contribution in [0.2, 0.25) is 0 Å². The second-order valence-electron chi connectivity index (χ2n) is 5.12. The molecule has 2 N–H and O–H groups in total. The predicted molar refractivity (Wildman–Crippen MR) is 91.7 cm³/mol. The van der Waals surface area contributed by atoms with Crippen LogP contribution in [0.4, 0.5) is 13.2 Å². The zero-order valence-corrected chi connectivity index (χ0v) is 14.9. The highest BCUT2D eigenvalue weighted by Gasteiger charge is 2.14. The van der Waals surface area contributed by atoms with Crippen molar-refractivity contribution in [3.63, 3.8) is 0 Å². The molecule has 0 bridgehead atoms. The molecule has 0 saturated carbocycles. The summed E-state index contributed by atoms with van der Waals surface area (Å²) in [5.41, 5.74) is 0.983. The van der Waals surface area contributed by atoms with Gasteiger partial charge in [-0.15, -0.1) is 11.3 Å². The lowest BCUT2D eigenvalue weighted by molar-refractivity contribution is -0.0506. The first kappa shape index (κ1) is 19.0. The van der Waals surface area contributed by atoms with Crippen LogP contribution in [-0.2, 0) is 13.1 Å². The Morgan fingerprint density at radius 2 is 2.00 bits per heavy atom. The molecule has 136 valence electrons. The maximum absolute atomic E-state index is 13.9. The molecule has 0 aliphatic carbocycles. The van der Waals surface area contributed by atoms with Gasteiger partial charge in [-0.25, -0.2) is 9.37 Å². The molecule has 0 fully saturated rings. The second kappa shape index (κ2) is 8.70. The number of aromatic nitrogens is 1. The SMILES string of the molecule is CN=C(NCc1nc(C)c(C)s1)NCc1c(F)cccc1OC(F)F. The number of rotatable bonds is 6. The molecule has 1 aromatic heterocycles. The van der Waals surface area contributed by atoms with E-state index in [-0.39, 0.29) is 17.9 Å². The van der Waals surface area contributed by atoms with E-state index in [9.17, 15) is 13.2 Å². The van der Waals surface area contributed by atoms with Crippen molar-refractivity contribution in [2.24, 2.45) is 4.99 Å². The van der Waals surface area contributed by atoms with Crippen molar-refractivity contribution in [2.75, 3.05) is 7.05 Å². The Balaban J connectivity index is 1.99. The highest BCUT2D eigenvalue weighted by Crippen LogP contribution is 2.23. The number of hydrogen-bond donors (Lipinski definition) is 2. The molecule has 25 heavy (non-hydrogen) atoms. The molecule has 5 nitrogen and oxygen atoms in total. The van der Waals surface area contributed by atoms with E-state index in [2.05, 4.69) is 25.3 Å². The van der Waals surface area contributed by atoms with Crippen molar-refractivity contribution in [3.05, 3.63) is 45.2 Å². The number of aliphatic imine (C=N–C) groups is 1. The molecular weight excluding hydrogens is 353 g/mol. The van der Waals surface area contributed by atoms with E-state index in [0.717, 1.165) is 15.6 Å². The van der Waals surface area contributed by atoms with Crippen LogP contribution in [0.15, 0.2) is 23.2 Å². The Bertz CT molecular complexity index is 729. The summed E-state index contributed by atoms with van der Waals surface area (Å²) in [4.78, 5) is 9.57. The third-order valence-corrected chi connectivity index (χ3v) is 4.50. The monoisotopic (exact) mass is 372 g/mol. The van der Waals surface area contributed by atoms with E-state index < -0.39 is 12.4 Å². The van der Waals surface area contributed by atoms with Gasteiger partial charge in [-0.05, 0) is 26.0 Å². The van der Waals surface area contributed by atoms with Gasteiger partial charge in [0.05, 0.1) is 12.2 Å². The zero-order valence-electron chi connectivity index (χ0n) is 14.1. The van der Waals surface area contributed by atoms with Gasteiger partial charge in [0.2, 0.25) is 0 Å². The van der Waals surface area contributed by atoms with Gasteiger partial charge in [0, 0.05) is 24.0 Å². The van der Waals surface area contributed by atoms with Crippen molar-refractivity contribution in [1.82, 2.24) is 15.6 Å². The van der Waals surface area contributed by atoms with Gasteiger partial charge in [-0.1, -0.05) is 6.07 Å². The molecule has 2 rings (SSSR count). The van der Waals surface area contributed by atoms with E-state index in [1.165, 1.54) is 18.2 Å². The summed E-state index contributed by atoms with van der Waals surface area (Å²) in [6, 6.07) is 3.80. The minimum atomic E-state index is -3.02. The average molecular weight is 372 g/mol. The number of ether oxygens (including phenoxy) is 1. The van der Waals surface area contributed by atoms with Crippen molar-refractivity contribution < 1.29 is 17.9 Å². The molecule has 0 amide bonds. The fourth-order valence-electron chi connectivity index (χ4n) is 2.08. The van der Waals surface area contributed by atoms with Gasteiger partial charge in [-0.2, -0.15) is 8.78 Å². The number of halogens is 3. The maximum atomic E-state index is 13.9. The molecule has 0 unspecified atom stereocenters. The van der Waals surface area contributed by atoms with E-state index in [0.29, 0.717) is 12.5 Å². The van der Waals surface area contributed by atoms with Crippen molar-refractivity contribution >= 4 is 17.3 Å². The van der Waals surface area contributed by atoms with Crippen LogP contribution in [0.3, 0.4) is 0 Å². The van der Waals surface area contributed by atoms with Crippen LogP contribution >= 0.6 is 11.3 Å². The number of nitrogens with zero attached hydrogens (tertiary/aromatic N) is 2. The normalized spacial score (nSPS) is 11.7. The highest BCUT2D eigenvalue weighted by molar-refractivity contribution is 7.11. The Kier molecular flexibility index (Phi) is 6.63. The number of hydrogen-bond acceptors (Lipinski definition) is 4. The molecular formula is C16H19F3N4OS. The summed E-state index contributed by atoms with van der Waals surface area (Å²) in [5.74, 6) is -0.437. The number of thiazole rings is 1. The molecule has 2 aromatic rings. The maximum Gasteiger partial charge on any atom is 0.387 e. The largest absolute Gasteiger partial charge is 0.434 e. The lowest BCUT2D eigenvalue weighted by atomic mass is 10.2. The Labute approximate surface area is 148 Å². The molecule has 0 spiro atoms. The molecule has 0 aliphatic rings. The van der Waals surface area contributed by atoms with E-state index >= 15 is 0 Å². The average Bonchev–Trinajstić information content (AvgIpc) is 2.87. The lowest BCUT2D eigenvalue weighted by Crippen LogP contribution is -2.36. The summed E-state index contributed by atoms with van der Waals surface area (Å²) in [6.07, 6.45) is 0. The predicted octanol–water partition coefficient (Wildman–Crippen LogP) is 3.37. The van der Waals surface area contributed by atoms with Gasteiger partial charge >= 0.3 is 6.61 Å². The standard InChI is InChI=1S/C16H19F3N4OS/c1-9-10(2)25-14(23-9)8-22-16(20-3)21-7-11-12(17)5-4-6-13(11)24-15(18)19/h4-6,15H,7-8H2,1-3H3,(H2,20,21,22). The van der Waals surface area contributed by atoms with E-state index in [1.54, 1.807) is 18.4 Å².